The van der Waals surface area contributed by atoms with Crippen LogP contribution in [-0.4, -0.2) is 27.5 Å². The first-order valence-electron chi connectivity index (χ1n) is 7.86. The largest absolute Gasteiger partial charge is 0.391 e. The lowest BCUT2D eigenvalue weighted by Crippen LogP contribution is -2.33. The summed E-state index contributed by atoms with van der Waals surface area (Å²) < 4.78 is 13.6. The van der Waals surface area contributed by atoms with E-state index >= 15 is 0 Å². The second-order valence-electron chi connectivity index (χ2n) is 5.60. The van der Waals surface area contributed by atoms with Crippen molar-refractivity contribution in [1.29, 1.82) is 0 Å². The molecule has 0 bridgehead atoms. The van der Waals surface area contributed by atoms with Gasteiger partial charge in [0.15, 0.2) is 0 Å². The van der Waals surface area contributed by atoms with E-state index in [0.29, 0.717) is 26.8 Å². The molecule has 6 nitrogen and oxygen atoms in total. The summed E-state index contributed by atoms with van der Waals surface area (Å²) in [6.45, 7) is 0.131. The highest BCUT2D eigenvalue weighted by molar-refractivity contribution is 7.11. The van der Waals surface area contributed by atoms with E-state index in [0.717, 1.165) is 0 Å². The molecule has 27 heavy (non-hydrogen) atoms. The maximum atomic E-state index is 13.6. The highest BCUT2D eigenvalue weighted by atomic mass is 35.5. The van der Waals surface area contributed by atoms with Gasteiger partial charge in [0.2, 0.25) is 0 Å². The summed E-state index contributed by atoms with van der Waals surface area (Å²) in [6, 6.07) is 7.21. The van der Waals surface area contributed by atoms with E-state index in [4.69, 9.17) is 23.4 Å². The molecule has 0 saturated carbocycles. The standard InChI is InChI=1S/C17H15Cl2FN4O2S/c18-11-2-1-9(5-12(11)20)13-3-4-14(23-13)16(26)24-15(7-22-19)17-21-6-10(8-25)27-17/h1-6,15,22-23,25H,7-8H2,(H,24,26). The van der Waals surface area contributed by atoms with Crippen molar-refractivity contribution in [3.8, 4) is 11.3 Å². The van der Waals surface area contributed by atoms with Gasteiger partial charge in [-0.3, -0.25) is 4.79 Å². The molecule has 1 amide bonds. The Labute approximate surface area is 168 Å². The van der Waals surface area contributed by atoms with Crippen LogP contribution in [0.3, 0.4) is 0 Å². The fraction of sp³-hybridized carbons (Fsp3) is 0.176. The number of thiazole rings is 1. The second-order valence-corrected chi connectivity index (χ2v) is 7.42. The summed E-state index contributed by atoms with van der Waals surface area (Å²) in [5.41, 5.74) is 1.46. The molecular formula is C17H15Cl2FN4O2S. The van der Waals surface area contributed by atoms with Gasteiger partial charge >= 0.3 is 0 Å². The van der Waals surface area contributed by atoms with Crippen molar-refractivity contribution in [2.45, 2.75) is 12.6 Å². The topological polar surface area (TPSA) is 90.0 Å². The fourth-order valence-electron chi connectivity index (χ4n) is 2.43. The number of nitrogens with one attached hydrogen (secondary N) is 3. The van der Waals surface area contributed by atoms with E-state index in [1.54, 1.807) is 24.4 Å². The molecule has 0 aliphatic carbocycles. The molecule has 3 aromatic rings. The van der Waals surface area contributed by atoms with Crippen LogP contribution in [0.25, 0.3) is 11.3 Å². The number of aliphatic hydroxyl groups is 1. The molecule has 2 aromatic heterocycles. The predicted molar refractivity (Wildman–Crippen MR) is 103 cm³/mol. The van der Waals surface area contributed by atoms with Gasteiger partial charge in [0, 0.05) is 24.0 Å². The number of hydrogen-bond acceptors (Lipinski definition) is 5. The van der Waals surface area contributed by atoms with Gasteiger partial charge in [-0.05, 0) is 36.0 Å². The maximum Gasteiger partial charge on any atom is 0.268 e. The van der Waals surface area contributed by atoms with Gasteiger partial charge in [0.05, 0.1) is 22.5 Å². The van der Waals surface area contributed by atoms with Crippen molar-refractivity contribution < 1.29 is 14.3 Å². The number of aromatic nitrogens is 2. The van der Waals surface area contributed by atoms with Crippen LogP contribution in [0, 0.1) is 5.82 Å². The van der Waals surface area contributed by atoms with Crippen molar-refractivity contribution in [2.24, 2.45) is 0 Å². The number of carbonyl (C=O) groups is 1. The molecule has 142 valence electrons. The molecule has 0 spiro atoms. The molecule has 1 unspecified atom stereocenters. The molecule has 3 rings (SSSR count). The van der Waals surface area contributed by atoms with Crippen LogP contribution < -0.4 is 10.2 Å². The lowest BCUT2D eigenvalue weighted by molar-refractivity contribution is 0.0933. The first-order valence-corrected chi connectivity index (χ1v) is 9.43. The van der Waals surface area contributed by atoms with Gasteiger partial charge in [-0.2, -0.15) is 0 Å². The summed E-state index contributed by atoms with van der Waals surface area (Å²) in [4.78, 5) is 22.9. The number of H-pyrrole nitrogens is 1. The van der Waals surface area contributed by atoms with Crippen molar-refractivity contribution >= 4 is 40.6 Å². The van der Waals surface area contributed by atoms with Crippen LogP contribution in [-0.2, 0) is 6.61 Å². The molecule has 4 N–H and O–H groups in total. The third-order valence-corrected chi connectivity index (χ3v) is 5.33. The Kier molecular flexibility index (Phi) is 6.46. The second kappa shape index (κ2) is 8.81. The highest BCUT2D eigenvalue weighted by Crippen LogP contribution is 2.24. The van der Waals surface area contributed by atoms with Crippen molar-refractivity contribution in [1.82, 2.24) is 20.1 Å². The molecule has 0 aliphatic rings. The average molecular weight is 429 g/mol. The monoisotopic (exact) mass is 428 g/mol. The zero-order chi connectivity index (χ0) is 19.4. The van der Waals surface area contributed by atoms with Crippen LogP contribution in [0.4, 0.5) is 4.39 Å². The summed E-state index contributed by atoms with van der Waals surface area (Å²) in [5, 5.41) is 12.6. The zero-order valence-electron chi connectivity index (χ0n) is 13.8. The summed E-state index contributed by atoms with van der Waals surface area (Å²) in [7, 11) is 0. The Morgan fingerprint density at radius 2 is 2.19 bits per heavy atom. The highest BCUT2D eigenvalue weighted by Gasteiger charge is 2.20. The minimum atomic E-state index is -0.536. The molecule has 0 radical (unpaired) electrons. The molecule has 0 saturated heterocycles. The first kappa shape index (κ1) is 19.8. The lowest BCUT2D eigenvalue weighted by atomic mass is 10.1. The van der Waals surface area contributed by atoms with Crippen LogP contribution in [0.1, 0.15) is 26.4 Å². The van der Waals surface area contributed by atoms with E-state index in [1.807, 2.05) is 0 Å². The minimum Gasteiger partial charge on any atom is -0.391 e. The number of nitrogens with zero attached hydrogens (tertiary/aromatic N) is 1. The fourth-order valence-corrected chi connectivity index (χ4v) is 3.53. The van der Waals surface area contributed by atoms with E-state index in [-0.39, 0.29) is 24.1 Å². The number of amides is 1. The SMILES string of the molecule is O=C(NC(CNCl)c1ncc(CO)s1)c1ccc(-c2ccc(Cl)c(F)c2)[nH]1. The van der Waals surface area contributed by atoms with Gasteiger partial charge in [-0.1, -0.05) is 17.7 Å². The molecule has 0 aliphatic heterocycles. The maximum absolute atomic E-state index is 13.6. The summed E-state index contributed by atoms with van der Waals surface area (Å²) >= 11 is 12.6. The van der Waals surface area contributed by atoms with Crippen molar-refractivity contribution in [2.75, 3.05) is 6.54 Å². The summed E-state index contributed by atoms with van der Waals surface area (Å²) in [6.07, 6.45) is 1.55. The van der Waals surface area contributed by atoms with Crippen LogP contribution >= 0.6 is 34.7 Å². The van der Waals surface area contributed by atoms with E-state index in [2.05, 4.69) is 20.1 Å². The van der Waals surface area contributed by atoms with Crippen molar-refractivity contribution in [3.05, 3.63) is 62.9 Å². The number of benzene rings is 1. The van der Waals surface area contributed by atoms with Gasteiger partial charge < -0.3 is 15.4 Å². The lowest BCUT2D eigenvalue weighted by Gasteiger charge is -2.14. The number of hydrogen-bond donors (Lipinski definition) is 4. The Bertz CT molecular complexity index is 947. The smallest absolute Gasteiger partial charge is 0.268 e. The van der Waals surface area contributed by atoms with Gasteiger partial charge in [-0.25, -0.2) is 14.2 Å². The van der Waals surface area contributed by atoms with Gasteiger partial charge in [0.25, 0.3) is 5.91 Å². The van der Waals surface area contributed by atoms with Crippen LogP contribution in [0.2, 0.25) is 5.02 Å². The number of rotatable bonds is 7. The van der Waals surface area contributed by atoms with Crippen molar-refractivity contribution in [3.63, 3.8) is 0 Å². The average Bonchev–Trinajstić information content (AvgIpc) is 3.33. The third-order valence-electron chi connectivity index (χ3n) is 3.77. The van der Waals surface area contributed by atoms with E-state index < -0.39 is 11.9 Å². The number of aromatic amines is 1. The number of aliphatic hydroxyl groups excluding tert-OH is 1. The number of halogens is 3. The molecule has 0 fully saturated rings. The Morgan fingerprint density at radius 1 is 1.37 bits per heavy atom. The molecule has 2 heterocycles. The Balaban J connectivity index is 1.76. The van der Waals surface area contributed by atoms with Crippen LogP contribution in [0.5, 0.6) is 0 Å². The zero-order valence-corrected chi connectivity index (χ0v) is 16.1. The number of carbonyl (C=O) groups excluding carboxylic acids is 1. The normalized spacial score (nSPS) is 12.1. The molecular weight excluding hydrogens is 414 g/mol. The minimum absolute atomic E-state index is 0.0328. The predicted octanol–water partition coefficient (Wildman–Crippen LogP) is 3.64. The Hall–Kier alpha value is -1.97. The quantitative estimate of drug-likeness (QED) is 0.432. The Morgan fingerprint density at radius 3 is 2.85 bits per heavy atom. The van der Waals surface area contributed by atoms with E-state index in [1.165, 1.54) is 23.5 Å². The van der Waals surface area contributed by atoms with Gasteiger partial charge in [-0.15, -0.1) is 11.3 Å². The molecule has 10 heteroatoms. The van der Waals surface area contributed by atoms with E-state index in [9.17, 15) is 14.3 Å². The molecule has 1 aromatic carbocycles. The molecule has 1 atom stereocenters. The third kappa shape index (κ3) is 4.66. The van der Waals surface area contributed by atoms with Crippen LogP contribution in [0.15, 0.2) is 36.5 Å². The first-order chi connectivity index (χ1) is 13.0. The van der Waals surface area contributed by atoms with Gasteiger partial charge in [0.1, 0.15) is 16.5 Å². The summed E-state index contributed by atoms with van der Waals surface area (Å²) in [5.74, 6) is -0.903.